The molecule has 2 heterocycles. The molecule has 0 spiro atoms. The third-order valence-corrected chi connectivity index (χ3v) is 6.14. The van der Waals surface area contributed by atoms with E-state index in [1.807, 2.05) is 30.8 Å². The van der Waals surface area contributed by atoms with E-state index < -0.39 is 24.0 Å². The smallest absolute Gasteiger partial charge is 0.475 e. The highest BCUT2D eigenvalue weighted by molar-refractivity contribution is 6.39. The van der Waals surface area contributed by atoms with Crippen molar-refractivity contribution in [2.45, 2.75) is 44.9 Å². The van der Waals surface area contributed by atoms with E-state index in [4.69, 9.17) is 15.6 Å². The van der Waals surface area contributed by atoms with Gasteiger partial charge in [-0.3, -0.25) is 14.5 Å². The van der Waals surface area contributed by atoms with E-state index in [-0.39, 0.29) is 6.04 Å². The van der Waals surface area contributed by atoms with Gasteiger partial charge in [-0.1, -0.05) is 30.3 Å². The number of amides is 2. The third-order valence-electron chi connectivity index (χ3n) is 6.14. The molecule has 1 aliphatic heterocycles. The Bertz CT molecular complexity index is 1100. The van der Waals surface area contributed by atoms with Gasteiger partial charge in [-0.05, 0) is 58.4 Å². The van der Waals surface area contributed by atoms with Crippen molar-refractivity contribution in [1.82, 2.24) is 24.9 Å². The second kappa shape index (κ2) is 15.9. The predicted molar refractivity (Wildman–Crippen MR) is 143 cm³/mol. The van der Waals surface area contributed by atoms with E-state index in [0.29, 0.717) is 18.9 Å². The van der Waals surface area contributed by atoms with Crippen LogP contribution in [0.3, 0.4) is 0 Å². The lowest BCUT2D eigenvalue weighted by Crippen LogP contribution is -2.37. The zero-order valence-corrected chi connectivity index (χ0v) is 22.8. The number of carbonyl (C=O) groups is 3. The van der Waals surface area contributed by atoms with E-state index in [2.05, 4.69) is 49.8 Å². The molecule has 1 aromatic carbocycles. The first kappa shape index (κ1) is 32.7. The lowest BCUT2D eigenvalue weighted by molar-refractivity contribution is -0.192. The quantitative estimate of drug-likeness (QED) is 0.238. The van der Waals surface area contributed by atoms with Crippen molar-refractivity contribution in [3.8, 4) is 0 Å². The molecule has 5 N–H and O–H groups in total. The molecule has 0 saturated carbocycles. The van der Waals surface area contributed by atoms with Crippen LogP contribution in [0.15, 0.2) is 36.4 Å². The zero-order chi connectivity index (χ0) is 29.7. The summed E-state index contributed by atoms with van der Waals surface area (Å²) in [6, 6.07) is 12.4. The fraction of sp³-hybridized carbons (Fsp3) is 0.538. The Morgan fingerprint density at radius 1 is 1.15 bits per heavy atom. The van der Waals surface area contributed by atoms with Crippen LogP contribution in [0.5, 0.6) is 0 Å². The average molecular weight is 570 g/mol. The van der Waals surface area contributed by atoms with Crippen LogP contribution in [-0.4, -0.2) is 95.0 Å². The van der Waals surface area contributed by atoms with Crippen LogP contribution < -0.4 is 16.4 Å². The van der Waals surface area contributed by atoms with Gasteiger partial charge in [-0.2, -0.15) is 18.3 Å². The fourth-order valence-electron chi connectivity index (χ4n) is 4.16. The van der Waals surface area contributed by atoms with Crippen LogP contribution in [0.4, 0.5) is 19.0 Å². The Labute approximate surface area is 231 Å². The van der Waals surface area contributed by atoms with Crippen molar-refractivity contribution in [1.29, 1.82) is 0 Å². The number of nitrogens with zero attached hydrogens (tertiary/aromatic N) is 4. The van der Waals surface area contributed by atoms with Crippen molar-refractivity contribution < 1.29 is 32.7 Å². The highest BCUT2D eigenvalue weighted by Gasteiger charge is 2.38. The maximum atomic E-state index is 12.5. The summed E-state index contributed by atoms with van der Waals surface area (Å²) in [5, 5.41) is 17.2. The molecule has 14 heteroatoms. The number of carbonyl (C=O) groups excluding carboxylic acids is 2. The van der Waals surface area contributed by atoms with Crippen LogP contribution in [0, 0.1) is 6.92 Å². The summed E-state index contributed by atoms with van der Waals surface area (Å²) < 4.78 is 33.6. The number of halogens is 3. The topological polar surface area (TPSA) is 146 Å². The minimum atomic E-state index is -5.08. The zero-order valence-electron chi connectivity index (χ0n) is 22.8. The fourth-order valence-corrected chi connectivity index (χ4v) is 4.16. The Morgan fingerprint density at radius 2 is 1.80 bits per heavy atom. The van der Waals surface area contributed by atoms with Crippen LogP contribution in [0.1, 0.15) is 36.6 Å². The number of nitrogens with one attached hydrogen (secondary N) is 2. The minimum Gasteiger partial charge on any atom is -0.475 e. The second-order valence-corrected chi connectivity index (χ2v) is 9.59. The molecule has 1 unspecified atom stereocenters. The van der Waals surface area contributed by atoms with Crippen LogP contribution in [-0.2, 0) is 20.9 Å². The van der Waals surface area contributed by atoms with Crippen LogP contribution in [0.2, 0.25) is 0 Å². The number of carboxylic acids is 1. The molecule has 0 radical (unpaired) electrons. The second-order valence-electron chi connectivity index (χ2n) is 9.59. The summed E-state index contributed by atoms with van der Waals surface area (Å²) in [5.41, 5.74) is 7.62. The van der Waals surface area contributed by atoms with Crippen LogP contribution >= 0.6 is 0 Å². The Morgan fingerprint density at radius 3 is 2.42 bits per heavy atom. The van der Waals surface area contributed by atoms with Gasteiger partial charge in [0.2, 0.25) is 0 Å². The monoisotopic (exact) mass is 569 g/mol. The number of alkyl halides is 3. The Hall–Kier alpha value is -3.49. The first-order valence-corrected chi connectivity index (χ1v) is 13.0. The molecule has 222 valence electrons. The van der Waals surface area contributed by atoms with Gasteiger partial charge in [0.15, 0.2) is 0 Å². The van der Waals surface area contributed by atoms with E-state index >= 15 is 0 Å². The lowest BCUT2D eigenvalue weighted by Gasteiger charge is -2.18. The number of aryl methyl sites for hydroxylation is 1. The molecule has 1 aliphatic rings. The van der Waals surface area contributed by atoms with Gasteiger partial charge in [0.25, 0.3) is 0 Å². The van der Waals surface area contributed by atoms with Gasteiger partial charge in [-0.25, -0.2) is 9.48 Å². The standard InChI is InChI=1S/C24H37N7O2.C2HF3O2/c1-19-16-22(27-24(33)23(32)26-12-7-14-29(2)13-6-11-25)31(28-19)21-10-15-30(18-21)17-20-8-4-3-5-9-20;3-2(4,5)1(6)7/h3-5,8-9,16,21H,6-7,10-15,17-18,25H2,1-2H3,(H,26,32)(H,27,33);(H,6,7). The molecule has 0 aliphatic carbocycles. The van der Waals surface area contributed by atoms with Crippen molar-refractivity contribution in [3.05, 3.63) is 47.7 Å². The van der Waals surface area contributed by atoms with Crippen LogP contribution in [0.25, 0.3) is 0 Å². The number of rotatable bonds is 11. The van der Waals surface area contributed by atoms with Crippen molar-refractivity contribution >= 4 is 23.6 Å². The van der Waals surface area contributed by atoms with Gasteiger partial charge >= 0.3 is 24.0 Å². The Kier molecular flexibility index (Phi) is 13.0. The summed E-state index contributed by atoms with van der Waals surface area (Å²) in [7, 11) is 2.03. The molecule has 2 aromatic rings. The summed E-state index contributed by atoms with van der Waals surface area (Å²) in [5.74, 6) is -3.47. The predicted octanol–water partition coefficient (Wildman–Crippen LogP) is 2.00. The van der Waals surface area contributed by atoms with Gasteiger partial charge in [0.05, 0.1) is 11.7 Å². The van der Waals surface area contributed by atoms with Gasteiger partial charge in [0, 0.05) is 32.2 Å². The number of benzene rings is 1. The molecule has 1 fully saturated rings. The molecule has 1 saturated heterocycles. The molecule has 0 bridgehead atoms. The maximum Gasteiger partial charge on any atom is 0.490 e. The minimum absolute atomic E-state index is 0.157. The van der Waals surface area contributed by atoms with Gasteiger partial charge in [0.1, 0.15) is 5.82 Å². The number of carboxylic acid groups (broad SMARTS) is 1. The molecular formula is C26H38F3N7O4. The van der Waals surface area contributed by atoms with Crippen molar-refractivity contribution in [3.63, 3.8) is 0 Å². The van der Waals surface area contributed by atoms with E-state index in [1.165, 1.54) is 5.56 Å². The molecule has 1 atom stereocenters. The summed E-state index contributed by atoms with van der Waals surface area (Å²) in [6.07, 6.45) is -2.42. The normalized spacial score (nSPS) is 15.4. The molecular weight excluding hydrogens is 531 g/mol. The van der Waals surface area contributed by atoms with Gasteiger partial charge in [-0.15, -0.1) is 0 Å². The molecule has 40 heavy (non-hydrogen) atoms. The largest absolute Gasteiger partial charge is 0.490 e. The maximum absolute atomic E-state index is 12.5. The summed E-state index contributed by atoms with van der Waals surface area (Å²) >= 11 is 0. The van der Waals surface area contributed by atoms with E-state index in [0.717, 1.165) is 57.7 Å². The number of hydrogen-bond acceptors (Lipinski definition) is 7. The molecule has 11 nitrogen and oxygen atoms in total. The number of likely N-dealkylation sites (tertiary alicyclic amines) is 1. The summed E-state index contributed by atoms with van der Waals surface area (Å²) in [4.78, 5) is 38.2. The van der Waals surface area contributed by atoms with E-state index in [1.54, 1.807) is 0 Å². The SMILES string of the molecule is Cc1cc(NC(=O)C(=O)NCCCN(C)CCCN)n(C2CCN(Cc3ccccc3)C2)n1.O=C(O)C(F)(F)F. The van der Waals surface area contributed by atoms with Gasteiger partial charge < -0.3 is 26.4 Å². The van der Waals surface area contributed by atoms with E-state index in [9.17, 15) is 22.8 Å². The molecule has 3 rings (SSSR count). The first-order valence-electron chi connectivity index (χ1n) is 13.0. The van der Waals surface area contributed by atoms with Crippen molar-refractivity contribution in [2.75, 3.05) is 51.6 Å². The lowest BCUT2D eigenvalue weighted by atomic mass is 10.2. The van der Waals surface area contributed by atoms with Crippen molar-refractivity contribution in [2.24, 2.45) is 5.73 Å². The highest BCUT2D eigenvalue weighted by atomic mass is 19.4. The molecule has 1 aromatic heterocycles. The number of aliphatic carboxylic acids is 1. The summed E-state index contributed by atoms with van der Waals surface area (Å²) in [6.45, 7) is 7.49. The molecule has 2 amide bonds. The Balaban J connectivity index is 0.000000708. The number of anilines is 1. The number of aromatic nitrogens is 2. The highest BCUT2D eigenvalue weighted by Crippen LogP contribution is 2.26. The third kappa shape index (κ3) is 11.3. The first-order chi connectivity index (χ1) is 18.9. The average Bonchev–Trinajstić information content (AvgIpc) is 3.51. The number of nitrogens with two attached hydrogens (primary N) is 1. The number of hydrogen-bond donors (Lipinski definition) is 4.